The summed E-state index contributed by atoms with van der Waals surface area (Å²) in [7, 11) is 0. The molecule has 80 heavy (non-hydrogen) atoms. The Bertz CT molecular complexity index is 1590. The van der Waals surface area contributed by atoms with Gasteiger partial charge in [0, 0.05) is 0 Å². The van der Waals surface area contributed by atoms with Crippen molar-refractivity contribution in [3.8, 4) is 0 Å². The van der Waals surface area contributed by atoms with E-state index in [1.165, 1.54) is 103 Å². The molecule has 1 amide bonds. The lowest BCUT2D eigenvalue weighted by Crippen LogP contribution is -2.67. The summed E-state index contributed by atoms with van der Waals surface area (Å²) < 4.78 is 34.9. The first kappa shape index (κ1) is 72.6. The van der Waals surface area contributed by atoms with Crippen LogP contribution in [-0.4, -0.2) is 220 Å². The molecule has 0 aromatic rings. The molecular weight excluding hydrogens is 1050 g/mol. The van der Waals surface area contributed by atoms with Crippen LogP contribution in [0.2, 0.25) is 0 Å². The summed E-state index contributed by atoms with van der Waals surface area (Å²) in [4.78, 5) is 26.8. The Kier molecular flexibility index (Phi) is 37.6. The Morgan fingerprint density at radius 3 is 1.32 bits per heavy atom. The van der Waals surface area contributed by atoms with E-state index in [1.807, 2.05) is 0 Å². The second kappa shape index (κ2) is 41.4. The Morgan fingerprint density at radius 2 is 0.863 bits per heavy atom. The number of Topliss-reactive ketones (excluding diaryl/α,β-unsaturated/α-hetero) is 1. The number of hydrogen-bond acceptors (Lipinski definition) is 21. The third-order valence-electron chi connectivity index (χ3n) is 16.1. The predicted octanol–water partition coefficient (Wildman–Crippen LogP) is 2.72. The number of ketones is 1. The lowest BCUT2D eigenvalue weighted by atomic mass is 9.96. The fraction of sp³-hybridized carbons (Fsp3) is 0.966. The molecule has 0 spiro atoms. The Morgan fingerprint density at radius 1 is 0.463 bits per heavy atom. The minimum absolute atomic E-state index is 0.00326. The van der Waals surface area contributed by atoms with Crippen LogP contribution >= 0.6 is 0 Å². The molecule has 3 aliphatic rings. The van der Waals surface area contributed by atoms with Crippen molar-refractivity contribution in [2.45, 2.75) is 336 Å². The maximum atomic E-state index is 13.6. The number of hydrogen-bond donors (Lipinski definition) is 14. The first-order valence-electron chi connectivity index (χ1n) is 30.9. The Balaban J connectivity index is 1.66. The monoisotopic (exact) mass is 1160 g/mol. The maximum absolute atomic E-state index is 13.6. The van der Waals surface area contributed by atoms with Gasteiger partial charge in [-0.05, 0) is 19.8 Å². The van der Waals surface area contributed by atoms with E-state index in [1.54, 1.807) is 0 Å². The highest BCUT2D eigenvalue weighted by Gasteiger charge is 2.54. The zero-order valence-corrected chi connectivity index (χ0v) is 48.5. The van der Waals surface area contributed by atoms with Gasteiger partial charge < -0.3 is 100 Å². The van der Waals surface area contributed by atoms with Gasteiger partial charge in [0.05, 0.1) is 38.1 Å². The van der Waals surface area contributed by atoms with Crippen LogP contribution < -0.4 is 5.32 Å². The van der Waals surface area contributed by atoms with E-state index in [9.17, 15) is 76.0 Å². The molecule has 22 heteroatoms. The number of carbonyl (C=O) groups is 2. The van der Waals surface area contributed by atoms with Gasteiger partial charge in [-0.1, -0.05) is 194 Å². The number of amides is 1. The van der Waals surface area contributed by atoms with E-state index in [-0.39, 0.29) is 12.8 Å². The zero-order chi connectivity index (χ0) is 59.0. The number of aliphatic hydroxyl groups excluding tert-OH is 13. The molecule has 3 heterocycles. The Labute approximate surface area is 475 Å². The maximum Gasteiger partial charge on any atom is 0.257 e. The molecule has 0 aromatic carbocycles. The molecule has 20 atom stereocenters. The van der Waals surface area contributed by atoms with E-state index in [2.05, 4.69) is 19.2 Å². The highest BCUT2D eigenvalue weighted by Crippen LogP contribution is 2.34. The summed E-state index contributed by atoms with van der Waals surface area (Å²) in [5.41, 5.74) is 0. The number of carbonyl (C=O) groups excluding carboxylic acids is 2. The van der Waals surface area contributed by atoms with Gasteiger partial charge >= 0.3 is 0 Å². The summed E-state index contributed by atoms with van der Waals surface area (Å²) in [6, 6.07) is -1.62. The van der Waals surface area contributed by atoms with E-state index in [0.29, 0.717) is 12.8 Å². The van der Waals surface area contributed by atoms with Crippen LogP contribution in [0.4, 0.5) is 0 Å². The smallest absolute Gasteiger partial charge is 0.257 e. The highest BCUT2D eigenvalue weighted by molar-refractivity contribution is 6.05. The van der Waals surface area contributed by atoms with Crippen molar-refractivity contribution < 1.29 is 104 Å². The number of unbranched alkanes of at least 4 members (excludes halogenated alkanes) is 26. The minimum atomic E-state index is -2.39. The van der Waals surface area contributed by atoms with Crippen molar-refractivity contribution in [2.75, 3.05) is 19.8 Å². The van der Waals surface area contributed by atoms with Gasteiger partial charge in [0.2, 0.25) is 0 Å². The van der Waals surface area contributed by atoms with Gasteiger partial charge in [-0.25, -0.2) is 0 Å². The van der Waals surface area contributed by atoms with Crippen LogP contribution in [0.1, 0.15) is 213 Å². The third-order valence-corrected chi connectivity index (χ3v) is 16.1. The zero-order valence-electron chi connectivity index (χ0n) is 48.5. The molecule has 0 radical (unpaired) electrons. The highest BCUT2D eigenvalue weighted by atomic mass is 16.8. The molecule has 472 valence electrons. The van der Waals surface area contributed by atoms with Crippen molar-refractivity contribution in [2.24, 2.45) is 0 Å². The molecule has 0 bridgehead atoms. The quantitative estimate of drug-likeness (QED) is 0.0308. The SMILES string of the molecule is CCCCCCCCCCCCCCCCCCCCC(O)C(=O)C(O)C(=O)NC(COC1OC(CO)C(OC2OC(CO)C(O)C(O)C2O)C(OC2OC(C)C(O)C(O)C2O)C1O)C(O)C(O)CCCCCCCCCCCC. The summed E-state index contributed by atoms with van der Waals surface area (Å²) in [6.45, 7) is 3.17. The van der Waals surface area contributed by atoms with Crippen molar-refractivity contribution in [1.29, 1.82) is 0 Å². The first-order chi connectivity index (χ1) is 38.4. The lowest BCUT2D eigenvalue weighted by Gasteiger charge is -2.49. The topological polar surface area (TPSA) is 365 Å². The molecule has 0 aliphatic carbocycles. The fourth-order valence-electron chi connectivity index (χ4n) is 10.8. The summed E-state index contributed by atoms with van der Waals surface area (Å²) >= 11 is 0. The van der Waals surface area contributed by atoms with Gasteiger partial charge in [0.1, 0.15) is 79.4 Å². The molecule has 20 unspecified atom stereocenters. The second-order valence-corrected chi connectivity index (χ2v) is 22.9. The molecular formula is C58H109NO21. The summed E-state index contributed by atoms with van der Waals surface area (Å²) in [5.74, 6) is -2.49. The van der Waals surface area contributed by atoms with Crippen molar-refractivity contribution in [1.82, 2.24) is 5.32 Å². The average molecular weight is 1160 g/mol. The van der Waals surface area contributed by atoms with Crippen LogP contribution in [-0.2, 0) is 38.0 Å². The molecule has 3 aliphatic heterocycles. The lowest BCUT2D eigenvalue weighted by molar-refractivity contribution is -0.386. The van der Waals surface area contributed by atoms with Gasteiger partial charge in [-0.15, -0.1) is 0 Å². The molecule has 3 rings (SSSR count). The van der Waals surface area contributed by atoms with Gasteiger partial charge in [0.15, 0.2) is 30.8 Å². The third kappa shape index (κ3) is 25.1. The van der Waals surface area contributed by atoms with E-state index in [4.69, 9.17) is 28.4 Å². The van der Waals surface area contributed by atoms with Crippen LogP contribution in [0.5, 0.6) is 0 Å². The second-order valence-electron chi connectivity index (χ2n) is 22.9. The summed E-state index contributed by atoms with van der Waals surface area (Å²) in [6.07, 6.45) is -2.58. The largest absolute Gasteiger partial charge is 0.394 e. The summed E-state index contributed by atoms with van der Waals surface area (Å²) in [5, 5.41) is 143. The van der Waals surface area contributed by atoms with Gasteiger partial charge in [-0.2, -0.15) is 0 Å². The van der Waals surface area contributed by atoms with E-state index >= 15 is 0 Å². The number of rotatable bonds is 45. The molecule has 3 saturated heterocycles. The van der Waals surface area contributed by atoms with Crippen molar-refractivity contribution in [3.05, 3.63) is 0 Å². The standard InChI is InChI=1S/C58H109NO21/c1-4-6-8-10-12-14-16-17-18-19-20-21-22-23-25-27-29-31-33-40(63)45(66)49(70)55(74)59-38(44(65)39(62)32-30-28-26-24-15-13-11-9-7-5-2)36-75-56-52(73)54(80-57-50(71)47(68)43(64)37(3)76-57)53(42(35-61)78-56)79-58-51(72)48(69)46(67)41(34-60)77-58/h37-44,46-54,56-58,60-65,67-73H,4-36H2,1-3H3,(H,59,74). The number of nitrogens with one attached hydrogen (secondary N) is 1. The molecule has 22 nitrogen and oxygen atoms in total. The first-order valence-corrected chi connectivity index (χ1v) is 30.9. The van der Waals surface area contributed by atoms with Gasteiger partial charge in [0.25, 0.3) is 5.91 Å². The van der Waals surface area contributed by atoms with Crippen LogP contribution in [0.15, 0.2) is 0 Å². The van der Waals surface area contributed by atoms with Gasteiger partial charge in [-0.3, -0.25) is 9.59 Å². The molecule has 3 fully saturated rings. The minimum Gasteiger partial charge on any atom is -0.394 e. The van der Waals surface area contributed by atoms with E-state index < -0.39 is 154 Å². The number of aliphatic hydroxyl groups is 13. The Hall–Kier alpha value is -1.62. The number of ether oxygens (including phenoxy) is 6. The average Bonchev–Trinajstić information content (AvgIpc) is 3.46. The van der Waals surface area contributed by atoms with Crippen molar-refractivity contribution >= 4 is 11.7 Å². The van der Waals surface area contributed by atoms with Crippen LogP contribution in [0.25, 0.3) is 0 Å². The molecule has 0 saturated carbocycles. The van der Waals surface area contributed by atoms with E-state index in [0.717, 1.165) is 70.6 Å². The fourth-order valence-corrected chi connectivity index (χ4v) is 10.8. The predicted molar refractivity (Wildman–Crippen MR) is 294 cm³/mol. The molecule has 0 aromatic heterocycles. The van der Waals surface area contributed by atoms with Crippen LogP contribution in [0, 0.1) is 0 Å². The normalized spacial score (nSPS) is 31.1. The molecule has 14 N–H and O–H groups in total. The van der Waals surface area contributed by atoms with Crippen molar-refractivity contribution in [3.63, 3.8) is 0 Å². The van der Waals surface area contributed by atoms with Crippen LogP contribution in [0.3, 0.4) is 0 Å².